The lowest BCUT2D eigenvalue weighted by atomic mass is 10.1. The molecule has 152 valence electrons. The fourth-order valence-electron chi connectivity index (χ4n) is 2.75. The molecule has 1 aliphatic rings. The molecule has 0 spiro atoms. The molecular weight excluding hydrogens is 374 g/mol. The zero-order chi connectivity index (χ0) is 20.8. The van der Waals surface area contributed by atoms with Crippen LogP contribution in [0.1, 0.15) is 12.0 Å². The number of carbonyl (C=O) groups excluding carboxylic acids is 3. The largest absolute Gasteiger partial charge is 0.478 e. The normalized spacial score (nSPS) is 14.8. The summed E-state index contributed by atoms with van der Waals surface area (Å²) in [6, 6.07) is 14.7. The van der Waals surface area contributed by atoms with Crippen molar-refractivity contribution in [3.63, 3.8) is 0 Å². The summed E-state index contributed by atoms with van der Waals surface area (Å²) >= 11 is 0. The summed E-state index contributed by atoms with van der Waals surface area (Å²) in [4.78, 5) is 37.9. The van der Waals surface area contributed by atoms with Crippen molar-refractivity contribution in [3.05, 3.63) is 54.1 Å². The van der Waals surface area contributed by atoms with E-state index in [4.69, 9.17) is 9.47 Å². The summed E-state index contributed by atoms with van der Waals surface area (Å²) in [5.41, 5.74) is 2.55. The van der Waals surface area contributed by atoms with Gasteiger partial charge in [0.15, 0.2) is 12.7 Å². The van der Waals surface area contributed by atoms with Gasteiger partial charge in [0.25, 0.3) is 11.8 Å². The standard InChI is InChI=1S/C21H23N3O5/c1-24(2)15-9-7-14(8-10-15)12-22-19(25)13-28-20(26)11-18-21(27)23-16-5-3-4-6-17(16)29-18/h3-10,18H,11-13H2,1-2H3,(H,22,25)(H,23,27)/t18-/m1/s1. The maximum absolute atomic E-state index is 12.0. The highest BCUT2D eigenvalue weighted by molar-refractivity contribution is 5.99. The lowest BCUT2D eigenvalue weighted by molar-refractivity contribution is -0.151. The maximum Gasteiger partial charge on any atom is 0.310 e. The number of hydrogen-bond acceptors (Lipinski definition) is 6. The van der Waals surface area contributed by atoms with Gasteiger partial charge in [0.2, 0.25) is 0 Å². The highest BCUT2D eigenvalue weighted by Crippen LogP contribution is 2.29. The quantitative estimate of drug-likeness (QED) is 0.691. The molecule has 8 nitrogen and oxygen atoms in total. The molecule has 2 amide bonds. The van der Waals surface area contributed by atoms with Crippen molar-refractivity contribution >= 4 is 29.2 Å². The number of esters is 1. The van der Waals surface area contributed by atoms with E-state index in [1.165, 1.54) is 0 Å². The predicted molar refractivity (Wildman–Crippen MR) is 108 cm³/mol. The first-order valence-electron chi connectivity index (χ1n) is 9.17. The van der Waals surface area contributed by atoms with Crippen LogP contribution in [0, 0.1) is 0 Å². The Morgan fingerprint density at radius 1 is 1.14 bits per heavy atom. The molecule has 0 saturated heterocycles. The van der Waals surface area contributed by atoms with Crippen LogP contribution in [0.25, 0.3) is 0 Å². The van der Waals surface area contributed by atoms with Gasteiger partial charge in [-0.15, -0.1) is 0 Å². The van der Waals surface area contributed by atoms with E-state index in [0.717, 1.165) is 11.3 Å². The zero-order valence-corrected chi connectivity index (χ0v) is 16.3. The fourth-order valence-corrected chi connectivity index (χ4v) is 2.75. The molecule has 0 aliphatic carbocycles. The number of nitrogens with one attached hydrogen (secondary N) is 2. The number of amides is 2. The molecule has 8 heteroatoms. The van der Waals surface area contributed by atoms with E-state index in [1.54, 1.807) is 24.3 Å². The van der Waals surface area contributed by atoms with Gasteiger partial charge in [-0.1, -0.05) is 24.3 Å². The fraction of sp³-hybridized carbons (Fsp3) is 0.286. The van der Waals surface area contributed by atoms with Gasteiger partial charge in [-0.3, -0.25) is 14.4 Å². The first-order valence-corrected chi connectivity index (χ1v) is 9.17. The smallest absolute Gasteiger partial charge is 0.310 e. The van der Waals surface area contributed by atoms with Crippen LogP contribution in [0.2, 0.25) is 0 Å². The monoisotopic (exact) mass is 397 g/mol. The second-order valence-electron chi connectivity index (χ2n) is 6.79. The highest BCUT2D eigenvalue weighted by atomic mass is 16.5. The third-order valence-corrected chi connectivity index (χ3v) is 4.37. The molecule has 0 unspecified atom stereocenters. The number of carbonyl (C=O) groups is 3. The van der Waals surface area contributed by atoms with Crippen molar-refractivity contribution in [1.29, 1.82) is 0 Å². The minimum Gasteiger partial charge on any atom is -0.478 e. The average molecular weight is 397 g/mol. The average Bonchev–Trinajstić information content (AvgIpc) is 2.71. The van der Waals surface area contributed by atoms with Crippen molar-refractivity contribution in [3.8, 4) is 5.75 Å². The van der Waals surface area contributed by atoms with Crippen molar-refractivity contribution < 1.29 is 23.9 Å². The molecular formula is C21H23N3O5. The summed E-state index contributed by atoms with van der Waals surface area (Å²) in [5, 5.41) is 5.36. The summed E-state index contributed by atoms with van der Waals surface area (Å²) in [6.07, 6.45) is -1.27. The summed E-state index contributed by atoms with van der Waals surface area (Å²) in [7, 11) is 3.90. The summed E-state index contributed by atoms with van der Waals surface area (Å²) in [5.74, 6) is -1.04. The number of benzene rings is 2. The number of nitrogens with zero attached hydrogens (tertiary/aromatic N) is 1. The number of anilines is 2. The van der Waals surface area contributed by atoms with Crippen molar-refractivity contribution in [2.75, 3.05) is 30.9 Å². The number of para-hydroxylation sites is 2. The van der Waals surface area contributed by atoms with Crippen molar-refractivity contribution in [2.24, 2.45) is 0 Å². The van der Waals surface area contributed by atoms with Crippen LogP contribution in [0.3, 0.4) is 0 Å². The van der Waals surface area contributed by atoms with Gasteiger partial charge in [-0.05, 0) is 29.8 Å². The number of rotatable bonds is 7. The Morgan fingerprint density at radius 3 is 2.59 bits per heavy atom. The van der Waals surface area contributed by atoms with Gasteiger partial charge >= 0.3 is 5.97 Å². The van der Waals surface area contributed by atoms with E-state index in [0.29, 0.717) is 18.0 Å². The Morgan fingerprint density at radius 2 is 1.86 bits per heavy atom. The van der Waals surface area contributed by atoms with Crippen LogP contribution in [-0.4, -0.2) is 44.6 Å². The molecule has 2 N–H and O–H groups in total. The molecule has 1 aliphatic heterocycles. The third kappa shape index (κ3) is 5.47. The van der Waals surface area contributed by atoms with Gasteiger partial charge in [-0.2, -0.15) is 0 Å². The SMILES string of the molecule is CN(C)c1ccc(CNC(=O)COC(=O)C[C@H]2Oc3ccccc3NC2=O)cc1. The Hall–Kier alpha value is -3.55. The van der Waals surface area contributed by atoms with Crippen LogP contribution in [-0.2, 0) is 25.7 Å². The molecule has 0 radical (unpaired) electrons. The molecule has 1 atom stereocenters. The molecule has 2 aromatic rings. The zero-order valence-electron chi connectivity index (χ0n) is 16.3. The Bertz CT molecular complexity index is 895. The number of fused-ring (bicyclic) bond motifs is 1. The second-order valence-corrected chi connectivity index (χ2v) is 6.79. The van der Waals surface area contributed by atoms with Crippen LogP contribution in [0.5, 0.6) is 5.75 Å². The number of ether oxygens (including phenoxy) is 2. The first kappa shape index (κ1) is 20.2. The molecule has 1 heterocycles. The molecule has 0 bridgehead atoms. The van der Waals surface area contributed by atoms with Crippen molar-refractivity contribution in [1.82, 2.24) is 5.32 Å². The van der Waals surface area contributed by atoms with Crippen molar-refractivity contribution in [2.45, 2.75) is 19.1 Å². The lowest BCUT2D eigenvalue weighted by Gasteiger charge is -2.25. The van der Waals surface area contributed by atoms with Gasteiger partial charge in [0.1, 0.15) is 5.75 Å². The predicted octanol–water partition coefficient (Wildman–Crippen LogP) is 1.70. The Balaban J connectivity index is 1.41. The Labute approximate surface area is 168 Å². The first-order chi connectivity index (χ1) is 13.9. The van der Waals surface area contributed by atoms with Crippen LogP contribution in [0.4, 0.5) is 11.4 Å². The van der Waals surface area contributed by atoms with Gasteiger partial charge in [0.05, 0.1) is 12.1 Å². The van der Waals surface area contributed by atoms with Crippen LogP contribution in [0.15, 0.2) is 48.5 Å². The molecule has 2 aromatic carbocycles. The topological polar surface area (TPSA) is 97.0 Å². The number of hydrogen-bond donors (Lipinski definition) is 2. The van der Waals surface area contributed by atoms with E-state index in [9.17, 15) is 14.4 Å². The van der Waals surface area contributed by atoms with E-state index in [1.807, 2.05) is 43.3 Å². The molecule has 3 rings (SSSR count). The van der Waals surface area contributed by atoms with Gasteiger partial charge in [0, 0.05) is 26.3 Å². The van der Waals surface area contributed by atoms with E-state index >= 15 is 0 Å². The Kier molecular flexibility index (Phi) is 6.33. The minimum atomic E-state index is -0.990. The molecule has 0 aromatic heterocycles. The third-order valence-electron chi connectivity index (χ3n) is 4.37. The van der Waals surface area contributed by atoms with Crippen LogP contribution < -0.4 is 20.3 Å². The summed E-state index contributed by atoms with van der Waals surface area (Å²) < 4.78 is 10.5. The van der Waals surface area contributed by atoms with E-state index in [2.05, 4.69) is 10.6 Å². The molecule has 29 heavy (non-hydrogen) atoms. The van der Waals surface area contributed by atoms with Gasteiger partial charge in [-0.25, -0.2) is 0 Å². The second kappa shape index (κ2) is 9.09. The highest BCUT2D eigenvalue weighted by Gasteiger charge is 2.30. The molecule has 0 fully saturated rings. The van der Waals surface area contributed by atoms with E-state index < -0.39 is 30.5 Å². The maximum atomic E-state index is 12.0. The summed E-state index contributed by atoms with van der Waals surface area (Å²) in [6.45, 7) is -0.0887. The minimum absolute atomic E-state index is 0.278. The van der Waals surface area contributed by atoms with Gasteiger partial charge < -0.3 is 25.0 Å². The van der Waals surface area contributed by atoms with Crippen LogP contribution >= 0.6 is 0 Å². The molecule has 0 saturated carbocycles. The van der Waals surface area contributed by atoms with E-state index in [-0.39, 0.29) is 6.42 Å². The lowest BCUT2D eigenvalue weighted by Crippen LogP contribution is -2.39.